The summed E-state index contributed by atoms with van der Waals surface area (Å²) < 4.78 is 73.1. The average molecular weight is 494 g/mol. The number of nitrogens with zero attached hydrogens (tertiary/aromatic N) is 3. The molecule has 0 radical (unpaired) electrons. The highest BCUT2D eigenvalue weighted by Crippen LogP contribution is 2.53. The van der Waals surface area contributed by atoms with Crippen molar-refractivity contribution in [3.8, 4) is 11.7 Å². The zero-order chi connectivity index (χ0) is 24.7. The zero-order valence-electron chi connectivity index (χ0n) is 18.0. The second-order valence-electron chi connectivity index (χ2n) is 8.17. The number of aromatic nitrogens is 3. The molecule has 2 N–H and O–H groups in total. The number of alkyl halides is 3. The van der Waals surface area contributed by atoms with Gasteiger partial charge in [0, 0.05) is 12.3 Å². The quantitative estimate of drug-likeness (QED) is 0.536. The molecular weight excluding hydrogens is 473 g/mol. The molecule has 8 nitrogen and oxygen atoms in total. The van der Waals surface area contributed by atoms with Gasteiger partial charge in [-0.05, 0) is 43.5 Å². The number of hydrogen-bond donors (Lipinski definition) is 1. The number of benzene rings is 1. The number of sulfone groups is 1. The summed E-state index contributed by atoms with van der Waals surface area (Å²) >= 11 is 0. The van der Waals surface area contributed by atoms with E-state index >= 15 is 0 Å². The molecule has 0 atom stereocenters. The maximum Gasteiger partial charge on any atom is 0.397 e. The minimum atomic E-state index is -4.38. The van der Waals surface area contributed by atoms with Gasteiger partial charge in [-0.15, -0.1) is 5.10 Å². The maximum absolute atomic E-state index is 13.3. The van der Waals surface area contributed by atoms with E-state index in [0.717, 1.165) is 4.68 Å². The minimum Gasteiger partial charge on any atom is -0.476 e. The molecule has 1 saturated carbocycles. The van der Waals surface area contributed by atoms with Gasteiger partial charge in [0.15, 0.2) is 10.8 Å². The van der Waals surface area contributed by atoms with Crippen molar-refractivity contribution in [2.45, 2.75) is 42.3 Å². The molecular formula is C22H21F3N4O4S. The van der Waals surface area contributed by atoms with E-state index < -0.39 is 39.0 Å². The van der Waals surface area contributed by atoms with E-state index in [0.29, 0.717) is 12.0 Å². The van der Waals surface area contributed by atoms with Gasteiger partial charge in [0.25, 0.3) is 5.91 Å². The molecule has 1 amide bonds. The van der Waals surface area contributed by atoms with Crippen LogP contribution in [0.4, 0.5) is 13.2 Å². The van der Waals surface area contributed by atoms with E-state index in [9.17, 15) is 26.4 Å². The van der Waals surface area contributed by atoms with Crippen LogP contribution < -0.4 is 10.5 Å². The van der Waals surface area contributed by atoms with Crippen molar-refractivity contribution in [3.63, 3.8) is 0 Å². The van der Waals surface area contributed by atoms with Gasteiger partial charge < -0.3 is 10.5 Å². The molecule has 1 aliphatic rings. The first-order valence-corrected chi connectivity index (χ1v) is 11.8. The number of nitrogens with two attached hydrogens (primary N) is 1. The third-order valence-electron chi connectivity index (χ3n) is 5.96. The van der Waals surface area contributed by atoms with Crippen molar-refractivity contribution in [1.82, 2.24) is 14.8 Å². The van der Waals surface area contributed by atoms with Gasteiger partial charge in [0.2, 0.25) is 15.7 Å². The Balaban J connectivity index is 1.66. The molecule has 0 spiro atoms. The average Bonchev–Trinajstić information content (AvgIpc) is 3.20. The van der Waals surface area contributed by atoms with Gasteiger partial charge in [0.05, 0.1) is 10.5 Å². The number of pyridine rings is 1. The van der Waals surface area contributed by atoms with Crippen molar-refractivity contribution < 1.29 is 31.1 Å². The molecule has 3 aromatic rings. The van der Waals surface area contributed by atoms with E-state index in [4.69, 9.17) is 10.5 Å². The Hall–Kier alpha value is -3.41. The van der Waals surface area contributed by atoms with Crippen LogP contribution in [-0.2, 0) is 9.84 Å². The first-order chi connectivity index (χ1) is 15.9. The fourth-order valence-electron chi connectivity index (χ4n) is 3.75. The lowest BCUT2D eigenvalue weighted by Gasteiger charge is -2.42. The number of amides is 1. The smallest absolute Gasteiger partial charge is 0.397 e. The first-order valence-electron chi connectivity index (χ1n) is 10.3. The lowest BCUT2D eigenvalue weighted by atomic mass is 9.69. The summed E-state index contributed by atoms with van der Waals surface area (Å²) in [6, 6.07) is 10.1. The number of primary amides is 1. The molecule has 1 fully saturated rings. The Labute approximate surface area is 193 Å². The van der Waals surface area contributed by atoms with Crippen LogP contribution in [0.5, 0.6) is 5.88 Å². The second kappa shape index (κ2) is 8.42. The van der Waals surface area contributed by atoms with Crippen LogP contribution in [0, 0.1) is 12.3 Å². The van der Waals surface area contributed by atoms with E-state index in [1.54, 1.807) is 25.1 Å². The topological polar surface area (TPSA) is 117 Å². The third-order valence-corrected chi connectivity index (χ3v) is 7.81. The number of ether oxygens (including phenoxy) is 1. The van der Waals surface area contributed by atoms with Crippen molar-refractivity contribution in [3.05, 3.63) is 59.8 Å². The Morgan fingerprint density at radius 3 is 2.47 bits per heavy atom. The Bertz CT molecular complexity index is 1350. The molecule has 0 aliphatic heterocycles. The van der Waals surface area contributed by atoms with Crippen LogP contribution in [0.1, 0.15) is 35.2 Å². The molecule has 34 heavy (non-hydrogen) atoms. The second-order valence-corrected chi connectivity index (χ2v) is 10.0. The van der Waals surface area contributed by atoms with Crippen molar-refractivity contribution in [2.75, 3.05) is 6.61 Å². The zero-order valence-corrected chi connectivity index (χ0v) is 18.9. The van der Waals surface area contributed by atoms with Gasteiger partial charge in [-0.3, -0.25) is 4.79 Å². The number of carbonyl (C=O) groups excluding carboxylic acids is 1. The van der Waals surface area contributed by atoms with Gasteiger partial charge in [0.1, 0.15) is 12.0 Å². The van der Waals surface area contributed by atoms with E-state index in [2.05, 4.69) is 10.1 Å². The van der Waals surface area contributed by atoms with Crippen LogP contribution >= 0.6 is 0 Å². The molecule has 180 valence electrons. The number of halogens is 3. The molecule has 2 aromatic heterocycles. The largest absolute Gasteiger partial charge is 0.476 e. The summed E-state index contributed by atoms with van der Waals surface area (Å²) in [5.74, 6) is -1.03. The summed E-state index contributed by atoms with van der Waals surface area (Å²) in [7, 11) is -4.22. The molecule has 2 heterocycles. The monoisotopic (exact) mass is 494 g/mol. The van der Waals surface area contributed by atoms with Crippen molar-refractivity contribution in [2.24, 2.45) is 11.1 Å². The lowest BCUT2D eigenvalue weighted by molar-refractivity contribution is -0.259. The van der Waals surface area contributed by atoms with Crippen LogP contribution in [0.3, 0.4) is 0 Å². The van der Waals surface area contributed by atoms with Crippen LogP contribution in [0.25, 0.3) is 5.82 Å². The molecule has 0 bridgehead atoms. The Morgan fingerprint density at radius 2 is 1.88 bits per heavy atom. The van der Waals surface area contributed by atoms with E-state index in [1.165, 1.54) is 30.5 Å². The van der Waals surface area contributed by atoms with Crippen molar-refractivity contribution in [1.29, 1.82) is 0 Å². The summed E-state index contributed by atoms with van der Waals surface area (Å²) in [6.07, 6.45) is -2.54. The SMILES string of the molecule is Cc1ccccc1S(=O)(=O)c1nc(-n2ccc(OCC3(C(F)(F)F)CCC3)n2)ccc1C(N)=O. The Morgan fingerprint density at radius 1 is 1.18 bits per heavy atom. The van der Waals surface area contributed by atoms with Gasteiger partial charge in [-0.1, -0.05) is 24.6 Å². The van der Waals surface area contributed by atoms with Crippen LogP contribution in [0.15, 0.2) is 58.6 Å². The van der Waals surface area contributed by atoms with Gasteiger partial charge in [-0.2, -0.15) is 13.2 Å². The van der Waals surface area contributed by atoms with E-state index in [-0.39, 0.29) is 35.0 Å². The summed E-state index contributed by atoms with van der Waals surface area (Å²) in [5, 5.41) is 3.52. The highest BCUT2D eigenvalue weighted by Gasteiger charge is 2.58. The molecule has 12 heteroatoms. The van der Waals surface area contributed by atoms with Crippen LogP contribution in [0.2, 0.25) is 0 Å². The molecule has 1 aliphatic carbocycles. The summed E-state index contributed by atoms with van der Waals surface area (Å²) in [6.45, 7) is 1.04. The summed E-state index contributed by atoms with van der Waals surface area (Å²) in [5.41, 5.74) is 3.65. The lowest BCUT2D eigenvalue weighted by Crippen LogP contribution is -2.48. The third kappa shape index (κ3) is 4.13. The fourth-order valence-corrected chi connectivity index (χ4v) is 5.38. The van der Waals surface area contributed by atoms with E-state index in [1.807, 2.05) is 0 Å². The predicted octanol–water partition coefficient (Wildman–Crippen LogP) is 3.62. The highest BCUT2D eigenvalue weighted by molar-refractivity contribution is 7.91. The maximum atomic E-state index is 13.3. The molecule has 4 rings (SSSR count). The van der Waals surface area contributed by atoms with Gasteiger partial charge >= 0.3 is 6.18 Å². The minimum absolute atomic E-state index is 0.00648. The molecule has 0 unspecified atom stereocenters. The predicted molar refractivity (Wildman–Crippen MR) is 114 cm³/mol. The number of aryl methyl sites for hydroxylation is 1. The highest BCUT2D eigenvalue weighted by atomic mass is 32.2. The molecule has 0 saturated heterocycles. The van der Waals surface area contributed by atoms with Gasteiger partial charge in [-0.25, -0.2) is 18.1 Å². The standard InChI is InChI=1S/C22H21F3N4O4S/c1-14-5-2-3-6-16(14)34(31,32)20-15(19(26)30)7-8-17(27-20)29-12-9-18(28-29)33-13-21(10-4-11-21)22(23,24)25/h2-3,5-9,12H,4,10-11,13H2,1H3,(H2,26,30). The fraction of sp³-hybridized carbons (Fsp3) is 0.318. The number of rotatable bonds is 7. The summed E-state index contributed by atoms with van der Waals surface area (Å²) in [4.78, 5) is 16.0. The van der Waals surface area contributed by atoms with Crippen LogP contribution in [-0.4, -0.2) is 41.9 Å². The molecule has 1 aromatic carbocycles. The normalized spacial score (nSPS) is 15.5. The Kier molecular flexibility index (Phi) is 5.88. The van der Waals surface area contributed by atoms with Crippen molar-refractivity contribution >= 4 is 15.7 Å². The first kappa shape index (κ1) is 23.7. The number of hydrogen-bond acceptors (Lipinski definition) is 6. The number of carbonyl (C=O) groups is 1.